The highest BCUT2D eigenvalue weighted by Gasteiger charge is 2.15. The maximum absolute atomic E-state index is 11.5. The fraction of sp³-hybridized carbons (Fsp3) is 0.273. The van der Waals surface area contributed by atoms with Crippen LogP contribution in [0.1, 0.15) is 12.5 Å². The first kappa shape index (κ1) is 14.2. The summed E-state index contributed by atoms with van der Waals surface area (Å²) in [6.45, 7) is 1.12. The van der Waals surface area contributed by atoms with Crippen molar-refractivity contribution in [2.75, 3.05) is 5.75 Å². The minimum Gasteiger partial charge on any atom is -0.278 e. The molecule has 1 rings (SSSR count). The van der Waals surface area contributed by atoms with Gasteiger partial charge in [-0.3, -0.25) is 10.1 Å². The van der Waals surface area contributed by atoms with Crippen LogP contribution in [-0.4, -0.2) is 26.1 Å². The van der Waals surface area contributed by atoms with E-state index < -0.39 is 22.0 Å². The van der Waals surface area contributed by atoms with E-state index in [1.165, 1.54) is 0 Å². The first-order valence-electron chi connectivity index (χ1n) is 5.25. The maximum atomic E-state index is 11.5. The molecule has 0 aliphatic rings. The lowest BCUT2D eigenvalue weighted by atomic mass is 10.2. The molecule has 0 unspecified atom stereocenters. The molecule has 0 fully saturated rings. The van der Waals surface area contributed by atoms with Gasteiger partial charge in [0.05, 0.1) is 5.75 Å². The summed E-state index contributed by atoms with van der Waals surface area (Å²) >= 11 is 0. The van der Waals surface area contributed by atoms with E-state index in [-0.39, 0.29) is 5.75 Å². The molecule has 6 nitrogen and oxygen atoms in total. The molecule has 18 heavy (non-hydrogen) atoms. The van der Waals surface area contributed by atoms with Gasteiger partial charge in [0.15, 0.2) is 0 Å². The lowest BCUT2D eigenvalue weighted by molar-refractivity contribution is -0.117. The van der Waals surface area contributed by atoms with Crippen LogP contribution in [0.5, 0.6) is 0 Å². The number of carbonyl (C=O) groups excluding carboxylic acids is 2. The number of sulfonamides is 1. The smallest absolute Gasteiger partial charge is 0.278 e. The SMILES string of the molecule is CC(=O)NC(=O)NS(=O)(=O)CCc1ccccc1. The Hall–Kier alpha value is -1.89. The largest absolute Gasteiger partial charge is 0.335 e. The van der Waals surface area contributed by atoms with Crippen molar-refractivity contribution < 1.29 is 18.0 Å². The van der Waals surface area contributed by atoms with E-state index in [1.54, 1.807) is 29.0 Å². The number of carbonyl (C=O) groups is 2. The van der Waals surface area contributed by atoms with Crippen LogP contribution < -0.4 is 10.0 Å². The zero-order chi connectivity index (χ0) is 13.6. The number of hydrogen-bond acceptors (Lipinski definition) is 4. The summed E-state index contributed by atoms with van der Waals surface area (Å²) in [6, 6.07) is 8.00. The molecule has 0 bridgehead atoms. The fourth-order valence-corrected chi connectivity index (χ4v) is 2.21. The van der Waals surface area contributed by atoms with Gasteiger partial charge in [-0.2, -0.15) is 0 Å². The summed E-state index contributed by atoms with van der Waals surface area (Å²) in [4.78, 5) is 21.6. The lowest BCUT2D eigenvalue weighted by Gasteiger charge is -2.06. The average Bonchev–Trinajstić information content (AvgIpc) is 2.26. The van der Waals surface area contributed by atoms with Crippen molar-refractivity contribution in [2.45, 2.75) is 13.3 Å². The van der Waals surface area contributed by atoms with Gasteiger partial charge in [-0.05, 0) is 12.0 Å². The Morgan fingerprint density at radius 3 is 2.33 bits per heavy atom. The van der Waals surface area contributed by atoms with Crippen molar-refractivity contribution in [1.29, 1.82) is 0 Å². The molecule has 1 aromatic rings. The van der Waals surface area contributed by atoms with Gasteiger partial charge < -0.3 is 0 Å². The van der Waals surface area contributed by atoms with E-state index >= 15 is 0 Å². The molecule has 0 spiro atoms. The number of amides is 3. The second-order valence-electron chi connectivity index (χ2n) is 3.67. The number of imide groups is 1. The van der Waals surface area contributed by atoms with Gasteiger partial charge in [0.1, 0.15) is 0 Å². The molecule has 2 N–H and O–H groups in total. The Kier molecular flexibility index (Phi) is 4.85. The zero-order valence-electron chi connectivity index (χ0n) is 9.84. The third-order valence-electron chi connectivity index (χ3n) is 2.04. The molecule has 7 heteroatoms. The van der Waals surface area contributed by atoms with Crippen LogP contribution in [0.15, 0.2) is 30.3 Å². The molecule has 0 saturated heterocycles. The normalized spacial score (nSPS) is 10.7. The summed E-state index contributed by atoms with van der Waals surface area (Å²) in [5, 5.41) is 1.83. The van der Waals surface area contributed by atoms with Crippen molar-refractivity contribution in [1.82, 2.24) is 10.0 Å². The van der Waals surface area contributed by atoms with Crippen molar-refractivity contribution >= 4 is 22.0 Å². The van der Waals surface area contributed by atoms with Crippen molar-refractivity contribution in [3.63, 3.8) is 0 Å². The molecular weight excluding hydrogens is 256 g/mol. The minimum atomic E-state index is -3.74. The van der Waals surface area contributed by atoms with Gasteiger partial charge in [0.2, 0.25) is 15.9 Å². The summed E-state index contributed by atoms with van der Waals surface area (Å²) < 4.78 is 24.8. The van der Waals surface area contributed by atoms with Gasteiger partial charge in [-0.15, -0.1) is 0 Å². The first-order chi connectivity index (χ1) is 8.39. The van der Waals surface area contributed by atoms with Gasteiger partial charge in [0, 0.05) is 6.92 Å². The number of aryl methyl sites for hydroxylation is 1. The van der Waals surface area contributed by atoms with Crippen LogP contribution >= 0.6 is 0 Å². The molecular formula is C11H14N2O4S. The molecule has 0 aromatic heterocycles. The van der Waals surface area contributed by atoms with E-state index in [0.717, 1.165) is 12.5 Å². The predicted molar refractivity (Wildman–Crippen MR) is 66.3 cm³/mol. The molecule has 0 atom stereocenters. The zero-order valence-corrected chi connectivity index (χ0v) is 10.7. The van der Waals surface area contributed by atoms with Crippen LogP contribution in [0.2, 0.25) is 0 Å². The Labute approximate surface area is 105 Å². The molecule has 0 aliphatic carbocycles. The Morgan fingerprint density at radius 1 is 1.17 bits per heavy atom. The van der Waals surface area contributed by atoms with E-state index in [4.69, 9.17) is 0 Å². The first-order valence-corrected chi connectivity index (χ1v) is 6.90. The molecule has 0 saturated carbocycles. The van der Waals surface area contributed by atoms with Crippen LogP contribution in [0.4, 0.5) is 4.79 Å². The van der Waals surface area contributed by atoms with Gasteiger partial charge in [0.25, 0.3) is 0 Å². The molecule has 0 heterocycles. The van der Waals surface area contributed by atoms with Gasteiger partial charge >= 0.3 is 6.03 Å². The second-order valence-corrected chi connectivity index (χ2v) is 5.51. The molecule has 0 radical (unpaired) electrons. The third kappa shape index (κ3) is 5.44. The molecule has 3 amide bonds. The van der Waals surface area contributed by atoms with E-state index in [9.17, 15) is 18.0 Å². The number of hydrogen-bond donors (Lipinski definition) is 2. The minimum absolute atomic E-state index is 0.220. The Morgan fingerprint density at radius 2 is 1.78 bits per heavy atom. The van der Waals surface area contributed by atoms with Crippen molar-refractivity contribution in [3.8, 4) is 0 Å². The van der Waals surface area contributed by atoms with E-state index in [0.29, 0.717) is 6.42 Å². The Balaban J connectivity index is 2.50. The van der Waals surface area contributed by atoms with E-state index in [1.807, 2.05) is 11.4 Å². The summed E-state index contributed by atoms with van der Waals surface area (Å²) in [5.74, 6) is -0.840. The molecule has 1 aromatic carbocycles. The average molecular weight is 270 g/mol. The fourth-order valence-electron chi connectivity index (χ4n) is 1.27. The van der Waals surface area contributed by atoms with Gasteiger partial charge in [-0.25, -0.2) is 17.9 Å². The number of urea groups is 1. The second kappa shape index (κ2) is 6.15. The standard InChI is InChI=1S/C11H14N2O4S/c1-9(14)12-11(15)13-18(16,17)8-7-10-5-3-2-4-6-10/h2-6H,7-8H2,1H3,(H2,12,13,14,15). The van der Waals surface area contributed by atoms with Crippen molar-refractivity contribution in [2.24, 2.45) is 0 Å². The van der Waals surface area contributed by atoms with Crippen molar-refractivity contribution in [3.05, 3.63) is 35.9 Å². The number of rotatable bonds is 4. The maximum Gasteiger partial charge on any atom is 0.335 e. The van der Waals surface area contributed by atoms with Crippen LogP contribution in [0.3, 0.4) is 0 Å². The number of nitrogens with one attached hydrogen (secondary N) is 2. The summed E-state index contributed by atoms with van der Waals surface area (Å²) in [7, 11) is -3.74. The highest BCUT2D eigenvalue weighted by Crippen LogP contribution is 2.01. The quantitative estimate of drug-likeness (QED) is 0.828. The summed E-state index contributed by atoms with van der Waals surface area (Å²) in [6.07, 6.45) is 0.295. The third-order valence-corrected chi connectivity index (χ3v) is 3.28. The number of benzene rings is 1. The summed E-state index contributed by atoms with van der Waals surface area (Å²) in [5.41, 5.74) is 0.856. The van der Waals surface area contributed by atoms with Gasteiger partial charge in [-0.1, -0.05) is 30.3 Å². The molecule has 98 valence electrons. The Bertz CT molecular complexity index is 525. The van der Waals surface area contributed by atoms with E-state index in [2.05, 4.69) is 0 Å². The lowest BCUT2D eigenvalue weighted by Crippen LogP contribution is -2.42. The van der Waals surface area contributed by atoms with Crippen LogP contribution in [0, 0.1) is 0 Å². The predicted octanol–water partition coefficient (Wildman–Crippen LogP) is 0.405. The topological polar surface area (TPSA) is 92.3 Å². The van der Waals surface area contributed by atoms with Crippen LogP contribution in [-0.2, 0) is 21.2 Å². The highest BCUT2D eigenvalue weighted by molar-refractivity contribution is 7.90. The highest BCUT2D eigenvalue weighted by atomic mass is 32.2. The molecule has 0 aliphatic heterocycles. The van der Waals surface area contributed by atoms with Crippen LogP contribution in [0.25, 0.3) is 0 Å². The monoisotopic (exact) mass is 270 g/mol.